The molecule has 0 saturated carbocycles. The maximum atomic E-state index is 10.7. The van der Waals surface area contributed by atoms with Gasteiger partial charge in [-0.3, -0.25) is 4.79 Å². The van der Waals surface area contributed by atoms with Gasteiger partial charge in [-0.25, -0.2) is 0 Å². The molecule has 0 radical (unpaired) electrons. The van der Waals surface area contributed by atoms with Crippen LogP contribution in [0.1, 0.15) is 29.2 Å². The molecule has 0 bridgehead atoms. The van der Waals surface area contributed by atoms with Crippen molar-refractivity contribution in [1.82, 2.24) is 0 Å². The Morgan fingerprint density at radius 2 is 2.12 bits per heavy atom. The molecule has 0 aliphatic carbocycles. The molecule has 94 valence electrons. The van der Waals surface area contributed by atoms with E-state index in [1.54, 1.807) is 7.11 Å². The molecule has 1 atom stereocenters. The van der Waals surface area contributed by atoms with Crippen molar-refractivity contribution < 1.29 is 14.6 Å². The van der Waals surface area contributed by atoms with Crippen LogP contribution in [0, 0.1) is 13.8 Å². The highest BCUT2D eigenvalue weighted by atomic mass is 79.9. The molecular weight excluding hydrogens is 286 g/mol. The van der Waals surface area contributed by atoms with Gasteiger partial charge < -0.3 is 15.6 Å². The summed E-state index contributed by atoms with van der Waals surface area (Å²) < 4.78 is 6.14. The van der Waals surface area contributed by atoms with Gasteiger partial charge in [0.25, 0.3) is 0 Å². The van der Waals surface area contributed by atoms with Crippen LogP contribution in [0.4, 0.5) is 0 Å². The second-order valence-corrected chi connectivity index (χ2v) is 4.77. The van der Waals surface area contributed by atoms with Crippen LogP contribution in [0.2, 0.25) is 0 Å². The third-order valence-corrected chi connectivity index (χ3v) is 3.60. The van der Waals surface area contributed by atoms with Crippen LogP contribution in [0.25, 0.3) is 0 Å². The Hall–Kier alpha value is -1.07. The van der Waals surface area contributed by atoms with Crippen molar-refractivity contribution in [1.29, 1.82) is 0 Å². The molecule has 1 unspecified atom stereocenters. The molecule has 0 amide bonds. The molecule has 0 fully saturated rings. The van der Waals surface area contributed by atoms with Crippen LogP contribution in [-0.2, 0) is 4.79 Å². The number of aliphatic carboxylic acids is 1. The van der Waals surface area contributed by atoms with E-state index in [4.69, 9.17) is 15.6 Å². The third-order valence-electron chi connectivity index (χ3n) is 2.62. The quantitative estimate of drug-likeness (QED) is 0.896. The second-order valence-electron chi connectivity index (χ2n) is 3.98. The Labute approximate surface area is 109 Å². The Kier molecular flexibility index (Phi) is 4.54. The normalized spacial score (nSPS) is 12.3. The van der Waals surface area contributed by atoms with E-state index in [1.807, 2.05) is 19.9 Å². The Morgan fingerprint density at radius 3 is 2.59 bits per heavy atom. The van der Waals surface area contributed by atoms with Gasteiger partial charge in [0, 0.05) is 11.6 Å². The predicted octanol–water partition coefficient (Wildman–Crippen LogP) is 2.55. The fourth-order valence-corrected chi connectivity index (χ4v) is 2.38. The highest BCUT2D eigenvalue weighted by Gasteiger charge is 2.20. The second kappa shape index (κ2) is 5.51. The largest absolute Gasteiger partial charge is 0.495 e. The Balaban J connectivity index is 3.31. The van der Waals surface area contributed by atoms with Gasteiger partial charge in [-0.2, -0.15) is 0 Å². The Bertz CT molecular complexity index is 446. The smallest absolute Gasteiger partial charge is 0.305 e. The van der Waals surface area contributed by atoms with Crippen molar-refractivity contribution in [2.75, 3.05) is 7.11 Å². The lowest BCUT2D eigenvalue weighted by molar-refractivity contribution is -0.137. The highest BCUT2D eigenvalue weighted by Crippen LogP contribution is 2.38. The summed E-state index contributed by atoms with van der Waals surface area (Å²) in [5.74, 6) is -0.299. The number of carboxylic acids is 1. The van der Waals surface area contributed by atoms with E-state index in [0.717, 1.165) is 21.2 Å². The molecule has 0 aliphatic rings. The molecule has 17 heavy (non-hydrogen) atoms. The number of carbonyl (C=O) groups is 1. The maximum Gasteiger partial charge on any atom is 0.305 e. The lowest BCUT2D eigenvalue weighted by atomic mass is 9.96. The molecule has 0 aromatic heterocycles. The van der Waals surface area contributed by atoms with Crippen LogP contribution >= 0.6 is 15.9 Å². The molecule has 3 N–H and O–H groups in total. The number of hydrogen-bond acceptors (Lipinski definition) is 3. The fraction of sp³-hybridized carbons (Fsp3) is 0.417. The molecule has 0 heterocycles. The number of methoxy groups -OCH3 is 1. The number of carboxylic acid groups (broad SMARTS) is 1. The fourth-order valence-electron chi connectivity index (χ4n) is 1.89. The molecule has 1 aromatic carbocycles. The molecule has 0 saturated heterocycles. The van der Waals surface area contributed by atoms with Gasteiger partial charge in [-0.1, -0.05) is 6.07 Å². The van der Waals surface area contributed by atoms with Crippen LogP contribution in [0.3, 0.4) is 0 Å². The van der Waals surface area contributed by atoms with Crippen molar-refractivity contribution in [3.05, 3.63) is 27.2 Å². The zero-order valence-electron chi connectivity index (χ0n) is 10.1. The standard InChI is InChI=1S/C12H16BrNO3/c1-6-4-7(2)11(13)12(17-3)10(6)8(14)5-9(15)16/h4,8H,5,14H2,1-3H3,(H,15,16). The molecule has 0 spiro atoms. The lowest BCUT2D eigenvalue weighted by Gasteiger charge is -2.19. The molecule has 1 aromatic rings. The van der Waals surface area contributed by atoms with Crippen molar-refractivity contribution in [3.8, 4) is 5.75 Å². The van der Waals surface area contributed by atoms with Gasteiger partial charge >= 0.3 is 5.97 Å². The molecular formula is C12H16BrNO3. The molecule has 0 aliphatic heterocycles. The summed E-state index contributed by atoms with van der Waals surface area (Å²) in [5, 5.41) is 8.79. The monoisotopic (exact) mass is 301 g/mol. The van der Waals surface area contributed by atoms with E-state index in [-0.39, 0.29) is 6.42 Å². The van der Waals surface area contributed by atoms with Crippen LogP contribution in [-0.4, -0.2) is 18.2 Å². The van der Waals surface area contributed by atoms with E-state index >= 15 is 0 Å². The van der Waals surface area contributed by atoms with E-state index in [1.165, 1.54) is 0 Å². The Morgan fingerprint density at radius 1 is 1.53 bits per heavy atom. The lowest BCUT2D eigenvalue weighted by Crippen LogP contribution is -2.17. The number of benzene rings is 1. The van der Waals surface area contributed by atoms with E-state index in [0.29, 0.717) is 5.75 Å². The van der Waals surface area contributed by atoms with Gasteiger partial charge in [0.1, 0.15) is 5.75 Å². The van der Waals surface area contributed by atoms with Crippen LogP contribution in [0.5, 0.6) is 5.75 Å². The zero-order chi connectivity index (χ0) is 13.2. The molecule has 4 nitrogen and oxygen atoms in total. The summed E-state index contributed by atoms with van der Waals surface area (Å²) >= 11 is 3.43. The van der Waals surface area contributed by atoms with Crippen LogP contribution in [0.15, 0.2) is 10.5 Å². The van der Waals surface area contributed by atoms with Crippen molar-refractivity contribution in [2.24, 2.45) is 5.73 Å². The summed E-state index contributed by atoms with van der Waals surface area (Å²) in [7, 11) is 1.55. The van der Waals surface area contributed by atoms with Gasteiger partial charge in [-0.05, 0) is 40.9 Å². The minimum Gasteiger partial charge on any atom is -0.495 e. The van der Waals surface area contributed by atoms with Crippen molar-refractivity contribution >= 4 is 21.9 Å². The average molecular weight is 302 g/mol. The number of rotatable bonds is 4. The predicted molar refractivity (Wildman–Crippen MR) is 69.3 cm³/mol. The van der Waals surface area contributed by atoms with Gasteiger partial charge in [0.15, 0.2) is 0 Å². The summed E-state index contributed by atoms with van der Waals surface area (Å²) in [6.07, 6.45) is -0.118. The minimum atomic E-state index is -0.921. The summed E-state index contributed by atoms with van der Waals surface area (Å²) in [4.78, 5) is 10.7. The van der Waals surface area contributed by atoms with Gasteiger partial charge in [-0.15, -0.1) is 0 Å². The zero-order valence-corrected chi connectivity index (χ0v) is 11.7. The van der Waals surface area contributed by atoms with Crippen molar-refractivity contribution in [3.63, 3.8) is 0 Å². The van der Waals surface area contributed by atoms with Gasteiger partial charge in [0.2, 0.25) is 0 Å². The van der Waals surface area contributed by atoms with Crippen molar-refractivity contribution in [2.45, 2.75) is 26.3 Å². The average Bonchev–Trinajstić information content (AvgIpc) is 2.21. The SMILES string of the molecule is COc1c(Br)c(C)cc(C)c1C(N)CC(=O)O. The first-order chi connectivity index (χ1) is 7.88. The number of hydrogen-bond donors (Lipinski definition) is 2. The third kappa shape index (κ3) is 2.98. The minimum absolute atomic E-state index is 0.118. The topological polar surface area (TPSA) is 72.5 Å². The van der Waals surface area contributed by atoms with E-state index < -0.39 is 12.0 Å². The number of aryl methyl sites for hydroxylation is 2. The first-order valence-corrected chi connectivity index (χ1v) is 5.98. The highest BCUT2D eigenvalue weighted by molar-refractivity contribution is 9.10. The summed E-state index contributed by atoms with van der Waals surface area (Å²) in [5.41, 5.74) is 8.63. The first kappa shape index (κ1) is 14.0. The summed E-state index contributed by atoms with van der Waals surface area (Å²) in [6, 6.07) is 1.39. The molecule has 5 heteroatoms. The number of halogens is 1. The van der Waals surface area contributed by atoms with Gasteiger partial charge in [0.05, 0.1) is 18.0 Å². The number of ether oxygens (including phenoxy) is 1. The van der Waals surface area contributed by atoms with Crippen LogP contribution < -0.4 is 10.5 Å². The molecule has 1 rings (SSSR count). The maximum absolute atomic E-state index is 10.7. The van der Waals surface area contributed by atoms with E-state index in [9.17, 15) is 4.79 Å². The van der Waals surface area contributed by atoms with E-state index in [2.05, 4.69) is 15.9 Å². The summed E-state index contributed by atoms with van der Waals surface area (Å²) in [6.45, 7) is 3.85. The first-order valence-electron chi connectivity index (χ1n) is 5.19. The number of nitrogens with two attached hydrogens (primary N) is 1.